The van der Waals surface area contributed by atoms with Crippen LogP contribution in [0.3, 0.4) is 0 Å². The van der Waals surface area contributed by atoms with Crippen molar-refractivity contribution in [1.82, 2.24) is 4.90 Å². The van der Waals surface area contributed by atoms with Crippen molar-refractivity contribution in [2.75, 3.05) is 20.2 Å². The molecule has 2 atom stereocenters. The first-order valence-corrected chi connectivity index (χ1v) is 10.0. The molecule has 3 rings (SSSR count). The standard InChI is InChI=1S/C23H31NO3/c1-24-14-13-19(25)16-22(24)21-12-11-20(17-23(21)26)27-15-7-3-6-10-18-8-4-2-5-9-18/h2,4-5,8-9,11-12,17,19,22,25-26H,3,6-7,10,13-16H2,1H3. The van der Waals surface area contributed by atoms with Crippen molar-refractivity contribution in [3.63, 3.8) is 0 Å². The zero-order valence-electron chi connectivity index (χ0n) is 16.2. The minimum absolute atomic E-state index is 0.0563. The Bertz CT molecular complexity index is 704. The normalized spacial score (nSPS) is 20.5. The van der Waals surface area contributed by atoms with E-state index in [1.54, 1.807) is 6.07 Å². The maximum atomic E-state index is 10.4. The second-order valence-corrected chi connectivity index (χ2v) is 7.54. The molecule has 0 aliphatic carbocycles. The third kappa shape index (κ3) is 5.72. The highest BCUT2D eigenvalue weighted by Crippen LogP contribution is 2.36. The van der Waals surface area contributed by atoms with Crippen LogP contribution in [0.1, 0.15) is 49.3 Å². The first-order chi connectivity index (χ1) is 13.1. The first kappa shape index (κ1) is 19.7. The van der Waals surface area contributed by atoms with Crippen molar-refractivity contribution in [3.05, 3.63) is 59.7 Å². The Balaban J connectivity index is 1.42. The molecule has 27 heavy (non-hydrogen) atoms. The number of aryl methyl sites for hydroxylation is 1. The SMILES string of the molecule is CN1CCC(O)CC1c1ccc(OCCCCCc2ccccc2)cc1O. The molecule has 4 heteroatoms. The topological polar surface area (TPSA) is 52.9 Å². The number of aliphatic hydroxyl groups excluding tert-OH is 1. The molecule has 0 aromatic heterocycles. The van der Waals surface area contributed by atoms with Gasteiger partial charge in [-0.25, -0.2) is 0 Å². The molecular weight excluding hydrogens is 338 g/mol. The average Bonchev–Trinajstić information content (AvgIpc) is 2.68. The monoisotopic (exact) mass is 369 g/mol. The summed E-state index contributed by atoms with van der Waals surface area (Å²) in [5.41, 5.74) is 2.25. The Labute approximate surface area is 162 Å². The van der Waals surface area contributed by atoms with Crippen LogP contribution in [0.2, 0.25) is 0 Å². The Hall–Kier alpha value is -2.04. The molecule has 2 aromatic rings. The lowest BCUT2D eigenvalue weighted by molar-refractivity contribution is 0.0544. The summed E-state index contributed by atoms with van der Waals surface area (Å²) >= 11 is 0. The van der Waals surface area contributed by atoms with Crippen molar-refractivity contribution in [2.45, 2.75) is 50.7 Å². The van der Waals surface area contributed by atoms with Crippen LogP contribution in [0.25, 0.3) is 0 Å². The van der Waals surface area contributed by atoms with E-state index in [1.165, 1.54) is 5.56 Å². The fraction of sp³-hybridized carbons (Fsp3) is 0.478. The molecule has 2 N–H and O–H groups in total. The number of ether oxygens (including phenoxy) is 1. The van der Waals surface area contributed by atoms with E-state index >= 15 is 0 Å². The summed E-state index contributed by atoms with van der Waals surface area (Å²) in [6.45, 7) is 1.50. The lowest BCUT2D eigenvalue weighted by Crippen LogP contribution is -2.36. The highest BCUT2D eigenvalue weighted by atomic mass is 16.5. The van der Waals surface area contributed by atoms with Crippen molar-refractivity contribution in [3.8, 4) is 11.5 Å². The molecule has 1 aliphatic rings. The average molecular weight is 370 g/mol. The zero-order chi connectivity index (χ0) is 19.1. The number of piperidine rings is 1. The molecule has 4 nitrogen and oxygen atoms in total. The van der Waals surface area contributed by atoms with Crippen molar-refractivity contribution in [1.29, 1.82) is 0 Å². The molecule has 1 heterocycles. The number of rotatable bonds is 8. The summed E-state index contributed by atoms with van der Waals surface area (Å²) in [4.78, 5) is 2.19. The lowest BCUT2D eigenvalue weighted by Gasteiger charge is -2.35. The number of nitrogens with zero attached hydrogens (tertiary/aromatic N) is 1. The lowest BCUT2D eigenvalue weighted by atomic mass is 9.93. The van der Waals surface area contributed by atoms with E-state index in [1.807, 2.05) is 25.2 Å². The van der Waals surface area contributed by atoms with Gasteiger partial charge in [0.05, 0.1) is 12.7 Å². The van der Waals surface area contributed by atoms with Gasteiger partial charge in [-0.15, -0.1) is 0 Å². The van der Waals surface area contributed by atoms with E-state index < -0.39 is 0 Å². The quantitative estimate of drug-likeness (QED) is 0.681. The fourth-order valence-electron chi connectivity index (χ4n) is 3.77. The molecule has 2 unspecified atom stereocenters. The van der Waals surface area contributed by atoms with E-state index in [0.717, 1.165) is 44.2 Å². The number of phenolic OH excluding ortho intramolecular Hbond substituents is 1. The number of benzene rings is 2. The molecule has 0 saturated carbocycles. The molecule has 0 spiro atoms. The van der Waals surface area contributed by atoms with Gasteiger partial charge in [0.2, 0.25) is 0 Å². The van der Waals surface area contributed by atoms with Gasteiger partial charge in [-0.05, 0) is 57.2 Å². The minimum atomic E-state index is -0.294. The van der Waals surface area contributed by atoms with Gasteiger partial charge >= 0.3 is 0 Å². The van der Waals surface area contributed by atoms with Gasteiger partial charge in [0.15, 0.2) is 0 Å². The molecule has 1 saturated heterocycles. The summed E-state index contributed by atoms with van der Waals surface area (Å²) in [5.74, 6) is 0.959. The van der Waals surface area contributed by atoms with Crippen molar-refractivity contribution >= 4 is 0 Å². The van der Waals surface area contributed by atoms with Gasteiger partial charge < -0.3 is 14.9 Å². The number of hydrogen-bond donors (Lipinski definition) is 2. The summed E-state index contributed by atoms with van der Waals surface area (Å²) in [6, 6.07) is 16.2. The van der Waals surface area contributed by atoms with Crippen molar-refractivity contribution < 1.29 is 14.9 Å². The maximum absolute atomic E-state index is 10.4. The largest absolute Gasteiger partial charge is 0.507 e. The summed E-state index contributed by atoms with van der Waals surface area (Å²) in [5, 5.41) is 20.4. The van der Waals surface area contributed by atoms with Crippen LogP contribution < -0.4 is 4.74 Å². The second kappa shape index (κ2) is 9.77. The third-order valence-electron chi connectivity index (χ3n) is 5.42. The number of likely N-dealkylation sites (tertiary alicyclic amines) is 1. The van der Waals surface area contributed by atoms with Gasteiger partial charge in [0.1, 0.15) is 11.5 Å². The van der Waals surface area contributed by atoms with Crippen LogP contribution in [0.5, 0.6) is 11.5 Å². The van der Waals surface area contributed by atoms with Crippen LogP contribution in [0.4, 0.5) is 0 Å². The molecule has 0 bridgehead atoms. The van der Waals surface area contributed by atoms with Crippen molar-refractivity contribution in [2.24, 2.45) is 0 Å². The minimum Gasteiger partial charge on any atom is -0.507 e. The van der Waals surface area contributed by atoms with Crippen LogP contribution in [0, 0.1) is 0 Å². The first-order valence-electron chi connectivity index (χ1n) is 10.0. The Kier molecular flexibility index (Phi) is 7.13. The van der Waals surface area contributed by atoms with Gasteiger partial charge in [-0.1, -0.05) is 36.4 Å². The highest BCUT2D eigenvalue weighted by molar-refractivity contribution is 5.41. The number of aliphatic hydroxyl groups is 1. The van der Waals surface area contributed by atoms with E-state index in [9.17, 15) is 10.2 Å². The predicted octanol–water partition coefficient (Wildman–Crippen LogP) is 4.31. The predicted molar refractivity (Wildman–Crippen MR) is 108 cm³/mol. The third-order valence-corrected chi connectivity index (χ3v) is 5.42. The Morgan fingerprint density at radius 1 is 1.07 bits per heavy atom. The number of phenols is 1. The Morgan fingerprint density at radius 2 is 1.89 bits per heavy atom. The summed E-state index contributed by atoms with van der Waals surface area (Å²) in [6.07, 6.45) is 5.56. The van der Waals surface area contributed by atoms with Crippen LogP contribution >= 0.6 is 0 Å². The second-order valence-electron chi connectivity index (χ2n) is 7.54. The van der Waals surface area contributed by atoms with E-state index in [2.05, 4.69) is 29.2 Å². The van der Waals surface area contributed by atoms with Gasteiger partial charge in [-0.2, -0.15) is 0 Å². The molecule has 0 amide bonds. The van der Waals surface area contributed by atoms with Crippen LogP contribution in [0.15, 0.2) is 48.5 Å². The molecule has 146 valence electrons. The molecule has 2 aromatic carbocycles. The van der Waals surface area contributed by atoms with Gasteiger partial charge in [-0.3, -0.25) is 4.90 Å². The molecule has 1 fully saturated rings. The fourth-order valence-corrected chi connectivity index (χ4v) is 3.77. The number of aromatic hydroxyl groups is 1. The van der Waals surface area contributed by atoms with Crippen LogP contribution in [-0.4, -0.2) is 41.4 Å². The van der Waals surface area contributed by atoms with E-state index in [4.69, 9.17) is 4.74 Å². The summed E-state index contributed by atoms with van der Waals surface area (Å²) < 4.78 is 5.81. The van der Waals surface area contributed by atoms with E-state index in [0.29, 0.717) is 18.8 Å². The maximum Gasteiger partial charge on any atom is 0.124 e. The Morgan fingerprint density at radius 3 is 2.67 bits per heavy atom. The smallest absolute Gasteiger partial charge is 0.124 e. The van der Waals surface area contributed by atoms with Gasteiger partial charge in [0.25, 0.3) is 0 Å². The summed E-state index contributed by atoms with van der Waals surface area (Å²) in [7, 11) is 2.04. The molecule has 0 radical (unpaired) electrons. The van der Waals surface area contributed by atoms with E-state index in [-0.39, 0.29) is 17.9 Å². The highest BCUT2D eigenvalue weighted by Gasteiger charge is 2.27. The number of unbranched alkanes of at least 4 members (excludes halogenated alkanes) is 2. The van der Waals surface area contributed by atoms with Crippen LogP contribution in [-0.2, 0) is 6.42 Å². The zero-order valence-corrected chi connectivity index (χ0v) is 16.2. The molecule has 1 aliphatic heterocycles. The molecular formula is C23H31NO3. The number of hydrogen-bond acceptors (Lipinski definition) is 4. The van der Waals surface area contributed by atoms with Gasteiger partial charge in [0, 0.05) is 24.2 Å².